The summed E-state index contributed by atoms with van der Waals surface area (Å²) in [6.45, 7) is 3.57. The Morgan fingerprint density at radius 2 is 2.26 bits per heavy atom. The van der Waals surface area contributed by atoms with Crippen LogP contribution >= 0.6 is 23.4 Å². The molecule has 19 heavy (non-hydrogen) atoms. The molecule has 2 N–H and O–H groups in total. The van der Waals surface area contributed by atoms with E-state index in [9.17, 15) is 9.90 Å². The van der Waals surface area contributed by atoms with Gasteiger partial charge < -0.3 is 10.4 Å². The number of carbonyl (C=O) groups is 1. The van der Waals surface area contributed by atoms with Crippen LogP contribution in [0.3, 0.4) is 0 Å². The molecule has 0 aliphatic heterocycles. The van der Waals surface area contributed by atoms with Gasteiger partial charge in [0.1, 0.15) is 5.15 Å². The second kappa shape index (κ2) is 7.72. The molecule has 0 aromatic carbocycles. The predicted octanol–water partition coefficient (Wildman–Crippen LogP) is 2.20. The number of nitrogens with one attached hydrogen (secondary N) is 1. The number of aromatic nitrogens is 1. The maximum atomic E-state index is 12.2. The van der Waals surface area contributed by atoms with Crippen molar-refractivity contribution in [3.8, 4) is 0 Å². The van der Waals surface area contributed by atoms with Gasteiger partial charge in [0.25, 0.3) is 5.91 Å². The van der Waals surface area contributed by atoms with Crippen molar-refractivity contribution in [2.45, 2.75) is 26.3 Å². The van der Waals surface area contributed by atoms with Gasteiger partial charge in [-0.3, -0.25) is 4.79 Å². The van der Waals surface area contributed by atoms with Crippen LogP contribution in [0.5, 0.6) is 0 Å². The molecule has 0 fully saturated rings. The minimum Gasteiger partial charge on any atom is -0.394 e. The van der Waals surface area contributed by atoms with Crippen LogP contribution in [0.4, 0.5) is 0 Å². The monoisotopic (exact) mass is 302 g/mol. The molecule has 0 saturated carbocycles. The van der Waals surface area contributed by atoms with Crippen molar-refractivity contribution in [3.63, 3.8) is 0 Å². The van der Waals surface area contributed by atoms with Crippen LogP contribution < -0.4 is 5.32 Å². The standard InChI is InChI=1S/C13H19ClN2O2S/c1-8-6-9(2)15-12(14)11(8)13(18)16-10(7-17)4-5-19-3/h6,10,17H,4-5,7H2,1-3H3,(H,16,18). The molecule has 6 heteroatoms. The van der Waals surface area contributed by atoms with Crippen molar-refractivity contribution in [2.24, 2.45) is 0 Å². The van der Waals surface area contributed by atoms with E-state index >= 15 is 0 Å². The molecule has 0 bridgehead atoms. The van der Waals surface area contributed by atoms with E-state index in [2.05, 4.69) is 10.3 Å². The largest absolute Gasteiger partial charge is 0.394 e. The van der Waals surface area contributed by atoms with Gasteiger partial charge in [-0.25, -0.2) is 4.98 Å². The van der Waals surface area contributed by atoms with Gasteiger partial charge in [-0.1, -0.05) is 11.6 Å². The average molecular weight is 303 g/mol. The third-order valence-electron chi connectivity index (χ3n) is 2.75. The van der Waals surface area contributed by atoms with E-state index < -0.39 is 0 Å². The number of aryl methyl sites for hydroxylation is 2. The summed E-state index contributed by atoms with van der Waals surface area (Å²) in [5.41, 5.74) is 1.95. The number of hydrogen-bond donors (Lipinski definition) is 2. The Kier molecular flexibility index (Phi) is 6.62. The molecule has 0 aliphatic carbocycles. The molecular formula is C13H19ClN2O2S. The molecule has 0 spiro atoms. The Hall–Kier alpha value is -0.780. The quantitative estimate of drug-likeness (QED) is 0.791. The second-order valence-corrected chi connectivity index (χ2v) is 5.72. The molecule has 1 aromatic rings. The molecular weight excluding hydrogens is 284 g/mol. The molecule has 4 nitrogen and oxygen atoms in total. The molecule has 1 aromatic heterocycles. The summed E-state index contributed by atoms with van der Waals surface area (Å²) in [6.07, 6.45) is 2.71. The number of halogens is 1. The molecule has 0 radical (unpaired) electrons. The van der Waals surface area contributed by atoms with E-state index in [0.29, 0.717) is 5.56 Å². The Morgan fingerprint density at radius 3 is 2.79 bits per heavy atom. The molecule has 1 heterocycles. The van der Waals surface area contributed by atoms with Crippen LogP contribution in [-0.2, 0) is 0 Å². The summed E-state index contributed by atoms with van der Waals surface area (Å²) in [5, 5.41) is 12.3. The van der Waals surface area contributed by atoms with Gasteiger partial charge in [0.05, 0.1) is 18.2 Å². The molecule has 0 aliphatic rings. The Balaban J connectivity index is 2.83. The third-order valence-corrected chi connectivity index (χ3v) is 3.67. The van der Waals surface area contributed by atoms with Crippen molar-refractivity contribution < 1.29 is 9.90 Å². The van der Waals surface area contributed by atoms with E-state index in [4.69, 9.17) is 11.6 Å². The number of amides is 1. The first-order valence-electron chi connectivity index (χ1n) is 6.04. The number of rotatable bonds is 6. The van der Waals surface area contributed by atoms with Gasteiger partial charge in [-0.15, -0.1) is 0 Å². The molecule has 1 amide bonds. The Labute approximate surface area is 123 Å². The number of aliphatic hydroxyl groups is 1. The Bertz CT molecular complexity index is 431. The summed E-state index contributed by atoms with van der Waals surface area (Å²) < 4.78 is 0. The highest BCUT2D eigenvalue weighted by atomic mass is 35.5. The maximum absolute atomic E-state index is 12.2. The van der Waals surface area contributed by atoms with Crippen molar-refractivity contribution in [2.75, 3.05) is 18.6 Å². The smallest absolute Gasteiger partial charge is 0.254 e. The number of nitrogens with zero attached hydrogens (tertiary/aromatic N) is 1. The van der Waals surface area contributed by atoms with Gasteiger partial charge in [0, 0.05) is 5.69 Å². The summed E-state index contributed by atoms with van der Waals surface area (Å²) in [4.78, 5) is 16.3. The van der Waals surface area contributed by atoms with Crippen molar-refractivity contribution in [1.82, 2.24) is 10.3 Å². The summed E-state index contributed by atoms with van der Waals surface area (Å²) in [5.74, 6) is 0.597. The zero-order chi connectivity index (χ0) is 14.4. The molecule has 1 rings (SSSR count). The van der Waals surface area contributed by atoms with E-state index in [1.54, 1.807) is 11.8 Å². The van der Waals surface area contributed by atoms with Crippen LogP contribution in [-0.4, -0.2) is 40.7 Å². The molecule has 1 atom stereocenters. The number of hydrogen-bond acceptors (Lipinski definition) is 4. The SMILES string of the molecule is CSCCC(CO)NC(=O)c1c(C)cc(C)nc1Cl. The summed E-state index contributed by atoms with van der Waals surface area (Å²) >= 11 is 7.70. The summed E-state index contributed by atoms with van der Waals surface area (Å²) in [7, 11) is 0. The zero-order valence-corrected chi connectivity index (χ0v) is 12.9. The highest BCUT2D eigenvalue weighted by Crippen LogP contribution is 2.18. The van der Waals surface area contributed by atoms with Crippen molar-refractivity contribution >= 4 is 29.3 Å². The minimum absolute atomic E-state index is 0.0811. The van der Waals surface area contributed by atoms with Crippen LogP contribution in [0.2, 0.25) is 5.15 Å². The average Bonchev–Trinajstić information content (AvgIpc) is 2.33. The van der Waals surface area contributed by atoms with Gasteiger partial charge in [0.15, 0.2) is 0 Å². The zero-order valence-electron chi connectivity index (χ0n) is 11.4. The van der Waals surface area contributed by atoms with Crippen LogP contribution in [0.15, 0.2) is 6.07 Å². The van der Waals surface area contributed by atoms with Crippen molar-refractivity contribution in [1.29, 1.82) is 0 Å². The van der Waals surface area contributed by atoms with Gasteiger partial charge >= 0.3 is 0 Å². The van der Waals surface area contributed by atoms with E-state index in [0.717, 1.165) is 23.4 Å². The number of thioether (sulfide) groups is 1. The maximum Gasteiger partial charge on any atom is 0.254 e. The summed E-state index contributed by atoms with van der Waals surface area (Å²) in [6, 6.07) is 1.56. The van der Waals surface area contributed by atoms with Crippen LogP contribution in [0.1, 0.15) is 28.0 Å². The number of aliphatic hydroxyl groups excluding tert-OH is 1. The normalized spacial score (nSPS) is 12.3. The highest BCUT2D eigenvalue weighted by molar-refractivity contribution is 7.98. The first-order valence-corrected chi connectivity index (χ1v) is 7.81. The molecule has 106 valence electrons. The van der Waals surface area contributed by atoms with Crippen LogP contribution in [0, 0.1) is 13.8 Å². The minimum atomic E-state index is -0.282. The fourth-order valence-electron chi connectivity index (χ4n) is 1.79. The van der Waals surface area contributed by atoms with E-state index in [1.807, 2.05) is 26.2 Å². The number of pyridine rings is 1. The Morgan fingerprint density at radius 1 is 1.58 bits per heavy atom. The van der Waals surface area contributed by atoms with Gasteiger partial charge in [0.2, 0.25) is 0 Å². The molecule has 0 saturated heterocycles. The highest BCUT2D eigenvalue weighted by Gasteiger charge is 2.18. The fourth-order valence-corrected chi connectivity index (χ4v) is 2.68. The third kappa shape index (κ3) is 4.67. The lowest BCUT2D eigenvalue weighted by atomic mass is 10.1. The van der Waals surface area contributed by atoms with Gasteiger partial charge in [-0.05, 0) is 43.9 Å². The fraction of sp³-hybridized carbons (Fsp3) is 0.538. The molecule has 1 unspecified atom stereocenters. The predicted molar refractivity (Wildman–Crippen MR) is 80.1 cm³/mol. The number of carbonyl (C=O) groups excluding carboxylic acids is 1. The second-order valence-electron chi connectivity index (χ2n) is 4.38. The van der Waals surface area contributed by atoms with E-state index in [-0.39, 0.29) is 23.7 Å². The van der Waals surface area contributed by atoms with Crippen LogP contribution in [0.25, 0.3) is 0 Å². The first kappa shape index (κ1) is 16.3. The van der Waals surface area contributed by atoms with Gasteiger partial charge in [-0.2, -0.15) is 11.8 Å². The first-order chi connectivity index (χ1) is 8.99. The lowest BCUT2D eigenvalue weighted by Gasteiger charge is -2.17. The van der Waals surface area contributed by atoms with E-state index in [1.165, 1.54) is 0 Å². The lowest BCUT2D eigenvalue weighted by Crippen LogP contribution is -2.38. The van der Waals surface area contributed by atoms with Crippen molar-refractivity contribution in [3.05, 3.63) is 28.0 Å². The topological polar surface area (TPSA) is 62.2 Å². The lowest BCUT2D eigenvalue weighted by molar-refractivity contribution is 0.0914.